The molecule has 0 aromatic carbocycles. The third kappa shape index (κ3) is 3.20. The second kappa shape index (κ2) is 5.55. The summed E-state index contributed by atoms with van der Waals surface area (Å²) in [4.78, 5) is 23.9. The summed E-state index contributed by atoms with van der Waals surface area (Å²) >= 11 is 0. The van der Waals surface area contributed by atoms with Crippen LogP contribution >= 0.6 is 15.9 Å². The minimum absolute atomic E-state index is 0.268. The summed E-state index contributed by atoms with van der Waals surface area (Å²) in [5, 5.41) is 0. The fourth-order valence-electron chi connectivity index (χ4n) is 1.85. The maximum Gasteiger partial charge on any atom is 0.237 e. The van der Waals surface area contributed by atoms with Gasteiger partial charge in [0.2, 0.25) is 15.9 Å². The van der Waals surface area contributed by atoms with Gasteiger partial charge in [-0.05, 0) is 13.3 Å². The summed E-state index contributed by atoms with van der Waals surface area (Å²) in [6.45, 7) is 4.78. The summed E-state index contributed by atoms with van der Waals surface area (Å²) < 4.78 is 21.4. The first kappa shape index (κ1) is 15.0. The lowest BCUT2D eigenvalue weighted by Gasteiger charge is -2.45. The fraction of sp³-hybridized carbons (Fsp3) is 1.00. The van der Waals surface area contributed by atoms with Crippen molar-refractivity contribution in [2.45, 2.75) is 20.3 Å². The Labute approximate surface area is 109 Å². The quantitative estimate of drug-likeness (QED) is 0.715. The van der Waals surface area contributed by atoms with Crippen molar-refractivity contribution in [1.82, 2.24) is 0 Å². The van der Waals surface area contributed by atoms with Crippen LogP contribution in [0, 0.1) is 5.41 Å². The molecule has 0 bridgehead atoms. The van der Waals surface area contributed by atoms with Crippen molar-refractivity contribution >= 4 is 15.9 Å². The standard InChI is InChI=1S/C10H20O6P2/c1-3-5-18(12)15-8-10(9-16-18)6-13-17(11,4-2)14-7-10/h3-9H2,1-2H3. The number of hydrogen-bond donors (Lipinski definition) is 0. The van der Waals surface area contributed by atoms with Crippen LogP contribution in [0.25, 0.3) is 0 Å². The highest BCUT2D eigenvalue weighted by molar-refractivity contribution is 7.59. The van der Waals surface area contributed by atoms with Crippen LogP contribution in [-0.4, -0.2) is 38.8 Å². The van der Waals surface area contributed by atoms with Crippen LogP contribution < -0.4 is 9.79 Å². The van der Waals surface area contributed by atoms with Crippen LogP contribution in [0.15, 0.2) is 0 Å². The minimum atomic E-state index is -2.93. The van der Waals surface area contributed by atoms with E-state index in [1.165, 1.54) is 0 Å². The van der Waals surface area contributed by atoms with Crippen LogP contribution in [0.1, 0.15) is 20.3 Å². The van der Waals surface area contributed by atoms with Gasteiger partial charge >= 0.3 is 0 Å². The molecular formula is C10H20O6P2. The van der Waals surface area contributed by atoms with Crippen LogP contribution in [-0.2, 0) is 18.1 Å². The molecule has 2 saturated heterocycles. The van der Waals surface area contributed by atoms with Crippen LogP contribution in [0.5, 0.6) is 0 Å². The van der Waals surface area contributed by atoms with E-state index in [0.717, 1.165) is 6.42 Å². The fourth-order valence-corrected chi connectivity index (χ4v) is 5.05. The molecule has 6 nitrogen and oxygen atoms in total. The maximum absolute atomic E-state index is 12.1. The molecule has 0 amide bonds. The molecule has 106 valence electrons. The van der Waals surface area contributed by atoms with Gasteiger partial charge in [0.05, 0.1) is 5.41 Å². The molecule has 1 spiro atoms. The zero-order valence-electron chi connectivity index (χ0n) is 10.8. The zero-order valence-corrected chi connectivity index (χ0v) is 12.6. The van der Waals surface area contributed by atoms with Gasteiger partial charge in [-0.3, -0.25) is 0 Å². The molecule has 0 aliphatic carbocycles. The Morgan fingerprint density at radius 1 is 0.889 bits per heavy atom. The Balaban J connectivity index is 1.90. The topological polar surface area (TPSA) is 83.0 Å². The molecule has 0 aromatic heterocycles. The van der Waals surface area contributed by atoms with Crippen molar-refractivity contribution in [3.63, 3.8) is 0 Å². The second-order valence-corrected chi connectivity index (χ2v) is 9.41. The molecule has 0 saturated carbocycles. The van der Waals surface area contributed by atoms with E-state index in [1.807, 2.05) is 6.92 Å². The van der Waals surface area contributed by atoms with Gasteiger partial charge < -0.3 is 9.79 Å². The molecule has 2 fully saturated rings. The lowest BCUT2D eigenvalue weighted by atomic mass is 9.93. The van der Waals surface area contributed by atoms with Crippen LogP contribution in [0.4, 0.5) is 0 Å². The number of hydrogen-bond acceptors (Lipinski definition) is 6. The molecule has 2 aliphatic rings. The monoisotopic (exact) mass is 298 g/mol. The summed E-state index contributed by atoms with van der Waals surface area (Å²) in [6, 6.07) is 0. The normalized spacial score (nSPS) is 45.3. The van der Waals surface area contributed by atoms with Gasteiger partial charge in [0, 0.05) is 0 Å². The SMILES string of the molecule is CCC[P+]1([O-])OCC2(CO[P+]([O-])(CC)OC2)CO1. The van der Waals surface area contributed by atoms with Crippen molar-refractivity contribution < 1.29 is 27.9 Å². The molecule has 0 N–H and O–H groups in total. The van der Waals surface area contributed by atoms with Gasteiger partial charge in [-0.15, -0.1) is 0 Å². The molecule has 2 aliphatic heterocycles. The highest BCUT2D eigenvalue weighted by Gasteiger charge is 2.52. The summed E-state index contributed by atoms with van der Waals surface area (Å²) in [6.07, 6.45) is 1.54. The molecular weight excluding hydrogens is 278 g/mol. The van der Waals surface area contributed by atoms with Gasteiger partial charge in [0.25, 0.3) is 0 Å². The first-order valence-electron chi connectivity index (χ1n) is 6.21. The van der Waals surface area contributed by atoms with E-state index in [1.54, 1.807) is 6.92 Å². The minimum Gasteiger partial charge on any atom is -0.631 e. The first-order valence-corrected chi connectivity index (χ1v) is 9.67. The summed E-state index contributed by atoms with van der Waals surface area (Å²) in [5.41, 5.74) is -0.468. The largest absolute Gasteiger partial charge is 0.631 e. The molecule has 0 unspecified atom stereocenters. The van der Waals surface area contributed by atoms with E-state index in [2.05, 4.69) is 0 Å². The second-order valence-electron chi connectivity index (χ2n) is 4.86. The Morgan fingerprint density at radius 3 is 1.72 bits per heavy atom. The highest BCUT2D eigenvalue weighted by Crippen LogP contribution is 2.62. The molecule has 2 heterocycles. The van der Waals surface area contributed by atoms with Crippen LogP contribution in [0.2, 0.25) is 0 Å². The van der Waals surface area contributed by atoms with E-state index in [0.29, 0.717) is 12.3 Å². The third-order valence-electron chi connectivity index (χ3n) is 3.15. The van der Waals surface area contributed by atoms with E-state index in [-0.39, 0.29) is 26.4 Å². The van der Waals surface area contributed by atoms with E-state index >= 15 is 0 Å². The molecule has 8 heteroatoms. The maximum atomic E-state index is 12.1. The Hall–Kier alpha value is 0.620. The van der Waals surface area contributed by atoms with Gasteiger partial charge in [-0.1, -0.05) is 6.92 Å². The molecule has 0 atom stereocenters. The van der Waals surface area contributed by atoms with E-state index < -0.39 is 21.3 Å². The molecule has 2 rings (SSSR count). The zero-order chi connectivity index (χ0) is 13.3. The van der Waals surface area contributed by atoms with E-state index in [9.17, 15) is 9.79 Å². The van der Waals surface area contributed by atoms with Gasteiger partial charge in [-0.2, -0.15) is 0 Å². The molecule has 0 radical (unpaired) electrons. The lowest BCUT2D eigenvalue weighted by Crippen LogP contribution is -2.49. The third-order valence-corrected chi connectivity index (χ3v) is 7.01. The Morgan fingerprint density at radius 2 is 1.33 bits per heavy atom. The first-order chi connectivity index (χ1) is 8.45. The Bertz CT molecular complexity index is 282. The van der Waals surface area contributed by atoms with Gasteiger partial charge in [0.15, 0.2) is 0 Å². The van der Waals surface area contributed by atoms with Crippen molar-refractivity contribution in [2.24, 2.45) is 5.41 Å². The van der Waals surface area contributed by atoms with Crippen LogP contribution in [0.3, 0.4) is 0 Å². The predicted octanol–water partition coefficient (Wildman–Crippen LogP) is 0.742. The number of rotatable bonds is 3. The van der Waals surface area contributed by atoms with Crippen molar-refractivity contribution in [1.29, 1.82) is 0 Å². The van der Waals surface area contributed by atoms with Gasteiger partial charge in [0.1, 0.15) is 38.8 Å². The van der Waals surface area contributed by atoms with Gasteiger partial charge in [-0.25, -0.2) is 18.1 Å². The van der Waals surface area contributed by atoms with Crippen molar-refractivity contribution in [3.8, 4) is 0 Å². The average Bonchev–Trinajstić information content (AvgIpc) is 2.38. The average molecular weight is 298 g/mol. The Kier molecular flexibility index (Phi) is 4.63. The lowest BCUT2D eigenvalue weighted by molar-refractivity contribution is -0.255. The summed E-state index contributed by atoms with van der Waals surface area (Å²) in [5.74, 6) is 0. The summed E-state index contributed by atoms with van der Waals surface area (Å²) in [7, 11) is -5.84. The van der Waals surface area contributed by atoms with E-state index in [4.69, 9.17) is 18.1 Å². The molecule has 0 aromatic rings. The highest BCUT2D eigenvalue weighted by atomic mass is 31.2. The van der Waals surface area contributed by atoms with Crippen molar-refractivity contribution in [2.75, 3.05) is 38.8 Å². The predicted molar refractivity (Wildman–Crippen MR) is 65.8 cm³/mol. The molecule has 18 heavy (non-hydrogen) atoms. The van der Waals surface area contributed by atoms with Crippen molar-refractivity contribution in [3.05, 3.63) is 0 Å². The smallest absolute Gasteiger partial charge is 0.237 e.